The minimum Gasteiger partial charge on any atom is -0.354 e. The van der Waals surface area contributed by atoms with E-state index in [0.717, 1.165) is 19.3 Å². The third kappa shape index (κ3) is 6.30. The van der Waals surface area contributed by atoms with Crippen LogP contribution < -0.4 is 10.6 Å². The van der Waals surface area contributed by atoms with E-state index in [2.05, 4.69) is 16.7 Å². The lowest BCUT2D eigenvalue weighted by molar-refractivity contribution is -0.139. The zero-order valence-corrected chi connectivity index (χ0v) is 16.5. The molecule has 0 radical (unpaired) electrons. The molecule has 8 heteroatoms. The first-order valence-electron chi connectivity index (χ1n) is 10.0. The van der Waals surface area contributed by atoms with E-state index in [4.69, 9.17) is 0 Å². The summed E-state index contributed by atoms with van der Waals surface area (Å²) in [6, 6.07) is 5.00. The molecular weight excluding hydrogens is 375 g/mol. The summed E-state index contributed by atoms with van der Waals surface area (Å²) in [4.78, 5) is 39.6. The molecule has 0 aromatic heterocycles. The minimum absolute atomic E-state index is 0.00526. The van der Waals surface area contributed by atoms with Gasteiger partial charge < -0.3 is 20.4 Å². The van der Waals surface area contributed by atoms with Gasteiger partial charge in [0.1, 0.15) is 12.4 Å². The third-order valence-corrected chi connectivity index (χ3v) is 5.19. The number of nitrogens with zero attached hydrogens (tertiary/aromatic N) is 2. The molecular formula is C21H27FN4O3. The Morgan fingerprint density at radius 2 is 1.90 bits per heavy atom. The van der Waals surface area contributed by atoms with Gasteiger partial charge in [-0.05, 0) is 56.4 Å². The summed E-state index contributed by atoms with van der Waals surface area (Å²) >= 11 is 0. The van der Waals surface area contributed by atoms with Crippen LogP contribution in [0.2, 0.25) is 0 Å². The molecule has 1 aliphatic heterocycles. The van der Waals surface area contributed by atoms with Crippen molar-refractivity contribution in [2.24, 2.45) is 0 Å². The van der Waals surface area contributed by atoms with Gasteiger partial charge >= 0.3 is 6.03 Å². The lowest BCUT2D eigenvalue weighted by Gasteiger charge is -2.33. The molecule has 1 fully saturated rings. The van der Waals surface area contributed by atoms with Crippen molar-refractivity contribution in [1.82, 2.24) is 15.1 Å². The highest BCUT2D eigenvalue weighted by atomic mass is 19.1. The summed E-state index contributed by atoms with van der Waals surface area (Å²) < 4.78 is 12.9. The SMILES string of the molecule is O=C(CN1CCN(C(=O)Nc2ccc(F)cc2)CC1=O)NCCC1=CCCCC1. The van der Waals surface area contributed by atoms with Crippen LogP contribution in [0, 0.1) is 5.82 Å². The molecule has 0 spiro atoms. The number of nitrogens with one attached hydrogen (secondary N) is 2. The molecule has 1 aliphatic carbocycles. The monoisotopic (exact) mass is 402 g/mol. The Kier molecular flexibility index (Phi) is 7.21. The average molecular weight is 402 g/mol. The Morgan fingerprint density at radius 1 is 1.10 bits per heavy atom. The van der Waals surface area contributed by atoms with Crippen molar-refractivity contribution in [1.29, 1.82) is 0 Å². The van der Waals surface area contributed by atoms with Crippen LogP contribution in [-0.2, 0) is 9.59 Å². The molecule has 1 heterocycles. The summed E-state index contributed by atoms with van der Waals surface area (Å²) in [5.74, 6) is -0.838. The lowest BCUT2D eigenvalue weighted by Crippen LogP contribution is -2.55. The summed E-state index contributed by atoms with van der Waals surface area (Å²) in [6.45, 7) is 1.13. The Hall–Kier alpha value is -2.90. The molecule has 4 amide bonds. The molecule has 0 saturated carbocycles. The number of carbonyl (C=O) groups excluding carboxylic acids is 3. The molecule has 1 saturated heterocycles. The summed E-state index contributed by atoms with van der Waals surface area (Å²) in [5.41, 5.74) is 1.85. The molecule has 156 valence electrons. The highest BCUT2D eigenvalue weighted by molar-refractivity contribution is 5.94. The van der Waals surface area contributed by atoms with Gasteiger partial charge in [0.2, 0.25) is 11.8 Å². The fourth-order valence-corrected chi connectivity index (χ4v) is 3.51. The van der Waals surface area contributed by atoms with Crippen molar-refractivity contribution in [3.8, 4) is 0 Å². The van der Waals surface area contributed by atoms with Crippen LogP contribution in [0.4, 0.5) is 14.9 Å². The molecule has 29 heavy (non-hydrogen) atoms. The quantitative estimate of drug-likeness (QED) is 0.718. The fourth-order valence-electron chi connectivity index (χ4n) is 3.51. The molecule has 3 rings (SSSR count). The minimum atomic E-state index is -0.421. The highest BCUT2D eigenvalue weighted by Gasteiger charge is 2.28. The Morgan fingerprint density at radius 3 is 2.59 bits per heavy atom. The van der Waals surface area contributed by atoms with Gasteiger partial charge in [-0.1, -0.05) is 11.6 Å². The van der Waals surface area contributed by atoms with Gasteiger partial charge in [0.15, 0.2) is 0 Å². The van der Waals surface area contributed by atoms with Crippen LogP contribution in [0.1, 0.15) is 32.1 Å². The van der Waals surface area contributed by atoms with Crippen LogP contribution in [0.15, 0.2) is 35.9 Å². The van der Waals surface area contributed by atoms with E-state index in [-0.39, 0.29) is 30.7 Å². The van der Waals surface area contributed by atoms with Crippen LogP contribution in [-0.4, -0.2) is 60.4 Å². The van der Waals surface area contributed by atoms with E-state index in [0.29, 0.717) is 25.3 Å². The van der Waals surface area contributed by atoms with E-state index in [9.17, 15) is 18.8 Å². The van der Waals surface area contributed by atoms with Gasteiger partial charge in [0, 0.05) is 25.3 Å². The van der Waals surface area contributed by atoms with E-state index in [1.807, 2.05) is 0 Å². The van der Waals surface area contributed by atoms with Crippen molar-refractivity contribution in [3.63, 3.8) is 0 Å². The molecule has 0 bridgehead atoms. The van der Waals surface area contributed by atoms with Crippen molar-refractivity contribution in [2.75, 3.05) is 38.0 Å². The summed E-state index contributed by atoms with van der Waals surface area (Å²) in [5, 5.41) is 5.51. The maximum Gasteiger partial charge on any atom is 0.322 e. The van der Waals surface area contributed by atoms with Gasteiger partial charge in [-0.3, -0.25) is 9.59 Å². The molecule has 1 aromatic carbocycles. The Bertz CT molecular complexity index is 779. The topological polar surface area (TPSA) is 81.8 Å². The number of rotatable bonds is 6. The van der Waals surface area contributed by atoms with E-state index < -0.39 is 6.03 Å². The van der Waals surface area contributed by atoms with Gasteiger partial charge in [-0.25, -0.2) is 9.18 Å². The fraction of sp³-hybridized carbons (Fsp3) is 0.476. The van der Waals surface area contributed by atoms with Crippen molar-refractivity contribution in [2.45, 2.75) is 32.1 Å². The second kappa shape index (κ2) is 10.0. The smallest absolute Gasteiger partial charge is 0.322 e. The Balaban J connectivity index is 1.39. The average Bonchev–Trinajstić information content (AvgIpc) is 2.72. The van der Waals surface area contributed by atoms with Gasteiger partial charge in [-0.2, -0.15) is 0 Å². The molecule has 2 N–H and O–H groups in total. The van der Waals surface area contributed by atoms with Crippen LogP contribution in [0.5, 0.6) is 0 Å². The number of hydrogen-bond acceptors (Lipinski definition) is 3. The third-order valence-electron chi connectivity index (χ3n) is 5.19. The number of halogens is 1. The van der Waals surface area contributed by atoms with Crippen molar-refractivity contribution in [3.05, 3.63) is 41.7 Å². The van der Waals surface area contributed by atoms with E-state index in [1.54, 1.807) is 0 Å². The first-order chi connectivity index (χ1) is 14.0. The number of carbonyl (C=O) groups is 3. The first kappa shape index (κ1) is 20.8. The summed E-state index contributed by atoms with van der Waals surface area (Å²) in [6.07, 6.45) is 7.80. The standard InChI is InChI=1S/C21H27FN4O3/c22-17-6-8-18(9-7-17)24-21(29)26-13-12-25(20(28)15-26)14-19(27)23-11-10-16-4-2-1-3-5-16/h4,6-9H,1-3,5,10-15H2,(H,23,27)(H,24,29). The van der Waals surface area contributed by atoms with Crippen molar-refractivity contribution < 1.29 is 18.8 Å². The van der Waals surface area contributed by atoms with Crippen LogP contribution in [0.25, 0.3) is 0 Å². The predicted molar refractivity (Wildman–Crippen MR) is 108 cm³/mol. The maximum absolute atomic E-state index is 12.9. The van der Waals surface area contributed by atoms with E-state index >= 15 is 0 Å². The zero-order chi connectivity index (χ0) is 20.6. The van der Waals surface area contributed by atoms with Gasteiger partial charge in [-0.15, -0.1) is 0 Å². The number of allylic oxidation sites excluding steroid dienone is 1. The van der Waals surface area contributed by atoms with Crippen LogP contribution >= 0.6 is 0 Å². The largest absolute Gasteiger partial charge is 0.354 e. The number of piperazine rings is 1. The highest BCUT2D eigenvalue weighted by Crippen LogP contribution is 2.19. The van der Waals surface area contributed by atoms with Crippen LogP contribution in [0.3, 0.4) is 0 Å². The Labute approximate surface area is 169 Å². The summed E-state index contributed by atoms with van der Waals surface area (Å²) in [7, 11) is 0. The van der Waals surface area contributed by atoms with Gasteiger partial charge in [0.05, 0.1) is 6.54 Å². The second-order valence-electron chi connectivity index (χ2n) is 7.38. The number of hydrogen-bond donors (Lipinski definition) is 2. The molecule has 0 atom stereocenters. The second-order valence-corrected chi connectivity index (χ2v) is 7.38. The predicted octanol–water partition coefficient (Wildman–Crippen LogP) is 2.51. The normalized spacial score (nSPS) is 17.0. The first-order valence-corrected chi connectivity index (χ1v) is 10.0. The van der Waals surface area contributed by atoms with Gasteiger partial charge in [0.25, 0.3) is 0 Å². The number of urea groups is 1. The van der Waals surface area contributed by atoms with Crippen molar-refractivity contribution >= 4 is 23.5 Å². The molecule has 1 aromatic rings. The molecule has 2 aliphatic rings. The zero-order valence-electron chi connectivity index (χ0n) is 16.5. The maximum atomic E-state index is 12.9. The number of benzene rings is 1. The molecule has 7 nitrogen and oxygen atoms in total. The van der Waals surface area contributed by atoms with E-state index in [1.165, 1.54) is 52.5 Å². The number of anilines is 1. The lowest BCUT2D eigenvalue weighted by atomic mass is 9.97. The number of amides is 4. The molecule has 0 unspecified atom stereocenters.